The highest BCUT2D eigenvalue weighted by molar-refractivity contribution is 5.71. The zero-order valence-corrected chi connectivity index (χ0v) is 10.2. The Morgan fingerprint density at radius 1 is 1.00 bits per heavy atom. The molecule has 2 aromatic carbocycles. The number of anilines is 1. The Morgan fingerprint density at radius 2 is 1.75 bits per heavy atom. The first-order chi connectivity index (χ1) is 9.65. The van der Waals surface area contributed by atoms with Crippen LogP contribution in [0.4, 0.5) is 14.5 Å². The largest absolute Gasteiger partial charge is 0.396 e. The molecule has 3 rings (SSSR count). The van der Waals surface area contributed by atoms with Crippen LogP contribution in [0.5, 0.6) is 0 Å². The molecule has 0 bridgehead atoms. The van der Waals surface area contributed by atoms with Gasteiger partial charge in [-0.1, -0.05) is 11.2 Å². The highest BCUT2D eigenvalue weighted by Crippen LogP contribution is 2.28. The maximum absolute atomic E-state index is 13.4. The fourth-order valence-corrected chi connectivity index (χ4v) is 1.77. The van der Waals surface area contributed by atoms with E-state index < -0.39 is 5.82 Å². The van der Waals surface area contributed by atoms with Crippen molar-refractivity contribution in [2.45, 2.75) is 0 Å². The quantitative estimate of drug-likeness (QED) is 0.728. The maximum Gasteiger partial charge on any atom is 0.260 e. The lowest BCUT2D eigenvalue weighted by atomic mass is 10.1. The lowest BCUT2D eigenvalue weighted by Gasteiger charge is -2.00. The second kappa shape index (κ2) is 4.73. The lowest BCUT2D eigenvalue weighted by Crippen LogP contribution is -1.94. The van der Waals surface area contributed by atoms with Crippen LogP contribution in [0.1, 0.15) is 0 Å². The minimum atomic E-state index is -0.552. The molecule has 0 amide bonds. The molecule has 3 aromatic rings. The van der Waals surface area contributed by atoms with Crippen LogP contribution in [0.3, 0.4) is 0 Å². The second-order valence-electron chi connectivity index (χ2n) is 4.13. The van der Waals surface area contributed by atoms with E-state index in [4.69, 9.17) is 10.3 Å². The van der Waals surface area contributed by atoms with Crippen LogP contribution in [0.15, 0.2) is 47.0 Å². The molecular weight excluding hydrogens is 264 g/mol. The van der Waals surface area contributed by atoms with Crippen molar-refractivity contribution in [3.8, 4) is 22.8 Å². The van der Waals surface area contributed by atoms with Gasteiger partial charge in [0.25, 0.3) is 5.89 Å². The summed E-state index contributed by atoms with van der Waals surface area (Å²) in [5.74, 6) is -0.513. The fraction of sp³-hybridized carbons (Fsp3) is 0. The predicted octanol–water partition coefficient (Wildman–Crippen LogP) is 3.26. The van der Waals surface area contributed by atoms with E-state index in [2.05, 4.69) is 10.1 Å². The summed E-state index contributed by atoms with van der Waals surface area (Å²) in [7, 11) is 0. The van der Waals surface area contributed by atoms with Crippen molar-refractivity contribution in [3.63, 3.8) is 0 Å². The second-order valence-corrected chi connectivity index (χ2v) is 4.13. The van der Waals surface area contributed by atoms with Crippen molar-refractivity contribution < 1.29 is 13.3 Å². The first kappa shape index (κ1) is 12.3. The maximum atomic E-state index is 13.4. The smallest absolute Gasteiger partial charge is 0.260 e. The molecule has 0 fully saturated rings. The minimum absolute atomic E-state index is 0.0539. The average Bonchev–Trinajstić information content (AvgIpc) is 2.92. The highest BCUT2D eigenvalue weighted by Gasteiger charge is 2.14. The normalized spacial score (nSPS) is 10.7. The predicted molar refractivity (Wildman–Crippen MR) is 69.5 cm³/mol. The lowest BCUT2D eigenvalue weighted by molar-refractivity contribution is 0.432. The van der Waals surface area contributed by atoms with E-state index >= 15 is 0 Å². The Kier molecular flexibility index (Phi) is 2.90. The number of aromatic nitrogens is 2. The van der Waals surface area contributed by atoms with Crippen LogP contribution in [0, 0.1) is 11.6 Å². The molecule has 0 aliphatic heterocycles. The first-order valence-electron chi connectivity index (χ1n) is 5.79. The van der Waals surface area contributed by atoms with Gasteiger partial charge in [0.1, 0.15) is 11.6 Å². The molecule has 0 atom stereocenters. The van der Waals surface area contributed by atoms with Gasteiger partial charge in [0, 0.05) is 5.56 Å². The van der Waals surface area contributed by atoms with E-state index in [-0.39, 0.29) is 23.2 Å². The van der Waals surface area contributed by atoms with Crippen LogP contribution >= 0.6 is 0 Å². The van der Waals surface area contributed by atoms with Crippen molar-refractivity contribution in [2.75, 3.05) is 5.73 Å². The molecule has 0 saturated carbocycles. The van der Waals surface area contributed by atoms with Crippen LogP contribution in [-0.4, -0.2) is 10.1 Å². The van der Waals surface area contributed by atoms with Gasteiger partial charge in [-0.25, -0.2) is 8.78 Å². The average molecular weight is 273 g/mol. The van der Waals surface area contributed by atoms with E-state index in [1.54, 1.807) is 6.07 Å². The number of hydrogen-bond donors (Lipinski definition) is 1. The monoisotopic (exact) mass is 273 g/mol. The number of benzene rings is 2. The van der Waals surface area contributed by atoms with E-state index in [1.807, 2.05) is 0 Å². The van der Waals surface area contributed by atoms with E-state index in [9.17, 15) is 8.78 Å². The standard InChI is InChI=1S/C14H9F2N3O/c15-9-6-4-8(5-7-9)13-18-14(20-19-13)10-2-1-3-11(16)12(10)17/h1-7H,17H2. The van der Waals surface area contributed by atoms with Crippen LogP contribution in [0.25, 0.3) is 22.8 Å². The van der Waals surface area contributed by atoms with Crippen molar-refractivity contribution in [1.82, 2.24) is 10.1 Å². The van der Waals surface area contributed by atoms with Gasteiger partial charge in [-0.2, -0.15) is 4.98 Å². The van der Waals surface area contributed by atoms with Crippen molar-refractivity contribution in [1.29, 1.82) is 0 Å². The number of rotatable bonds is 2. The molecule has 1 heterocycles. The van der Waals surface area contributed by atoms with Crippen LogP contribution in [0.2, 0.25) is 0 Å². The summed E-state index contributed by atoms with van der Waals surface area (Å²) in [4.78, 5) is 4.14. The van der Waals surface area contributed by atoms with Gasteiger partial charge in [-0.05, 0) is 36.4 Å². The van der Waals surface area contributed by atoms with Gasteiger partial charge in [0.05, 0.1) is 11.3 Å². The molecule has 0 saturated heterocycles. The Labute approximate surface area is 112 Å². The molecule has 0 aliphatic rings. The molecule has 6 heteroatoms. The SMILES string of the molecule is Nc1c(F)cccc1-c1nc(-c2ccc(F)cc2)no1. The molecule has 20 heavy (non-hydrogen) atoms. The molecule has 1 aromatic heterocycles. The van der Waals surface area contributed by atoms with Gasteiger partial charge in [-0.15, -0.1) is 0 Å². The summed E-state index contributed by atoms with van der Waals surface area (Å²) in [6.45, 7) is 0. The molecule has 100 valence electrons. The third kappa shape index (κ3) is 2.11. The molecule has 0 unspecified atom stereocenters. The molecule has 2 N–H and O–H groups in total. The topological polar surface area (TPSA) is 64.9 Å². The van der Waals surface area contributed by atoms with E-state index in [0.717, 1.165) is 0 Å². The number of nitrogen functional groups attached to an aromatic ring is 1. The number of nitrogens with two attached hydrogens (primary N) is 1. The van der Waals surface area contributed by atoms with Gasteiger partial charge < -0.3 is 10.3 Å². The van der Waals surface area contributed by atoms with Crippen molar-refractivity contribution in [3.05, 3.63) is 54.1 Å². The van der Waals surface area contributed by atoms with Gasteiger partial charge in [0.2, 0.25) is 5.82 Å². The number of nitrogens with zero attached hydrogens (tertiary/aromatic N) is 2. The molecular formula is C14H9F2N3O. The van der Waals surface area contributed by atoms with Crippen LogP contribution in [-0.2, 0) is 0 Å². The Morgan fingerprint density at radius 3 is 2.50 bits per heavy atom. The summed E-state index contributed by atoms with van der Waals surface area (Å²) in [6.07, 6.45) is 0. The van der Waals surface area contributed by atoms with Gasteiger partial charge in [0.15, 0.2) is 0 Å². The van der Waals surface area contributed by atoms with E-state index in [1.165, 1.54) is 36.4 Å². The zero-order chi connectivity index (χ0) is 14.1. The summed E-state index contributed by atoms with van der Waals surface area (Å²) in [5.41, 5.74) is 6.49. The van der Waals surface area contributed by atoms with Gasteiger partial charge in [-0.3, -0.25) is 0 Å². The fourth-order valence-electron chi connectivity index (χ4n) is 1.77. The summed E-state index contributed by atoms with van der Waals surface area (Å²) in [6, 6.07) is 9.97. The summed E-state index contributed by atoms with van der Waals surface area (Å²) < 4.78 is 31.3. The number of halogens is 2. The summed E-state index contributed by atoms with van der Waals surface area (Å²) >= 11 is 0. The molecule has 0 aliphatic carbocycles. The Hall–Kier alpha value is -2.76. The van der Waals surface area contributed by atoms with Gasteiger partial charge >= 0.3 is 0 Å². The van der Waals surface area contributed by atoms with Crippen molar-refractivity contribution >= 4 is 5.69 Å². The molecule has 0 spiro atoms. The molecule has 0 radical (unpaired) electrons. The molecule has 4 nitrogen and oxygen atoms in total. The minimum Gasteiger partial charge on any atom is -0.396 e. The number of para-hydroxylation sites is 1. The zero-order valence-electron chi connectivity index (χ0n) is 10.2. The highest BCUT2D eigenvalue weighted by atomic mass is 19.1. The Balaban J connectivity index is 2.02. The van der Waals surface area contributed by atoms with E-state index in [0.29, 0.717) is 11.1 Å². The Bertz CT molecular complexity index is 753. The number of hydrogen-bond acceptors (Lipinski definition) is 4. The third-order valence-electron chi connectivity index (χ3n) is 2.81. The summed E-state index contributed by atoms with van der Waals surface area (Å²) in [5, 5.41) is 3.78. The van der Waals surface area contributed by atoms with Crippen molar-refractivity contribution in [2.24, 2.45) is 0 Å². The third-order valence-corrected chi connectivity index (χ3v) is 2.81. The first-order valence-corrected chi connectivity index (χ1v) is 5.79. The van der Waals surface area contributed by atoms with Crippen LogP contribution < -0.4 is 5.73 Å².